The fourth-order valence-electron chi connectivity index (χ4n) is 10.9. The van der Waals surface area contributed by atoms with Crippen LogP contribution >= 0.6 is 0 Å². The quantitative estimate of drug-likeness (QED) is 0.0850. The second-order valence-corrected chi connectivity index (χ2v) is 22.5. The first-order chi connectivity index (χ1) is 34.3. The van der Waals surface area contributed by atoms with Crippen molar-refractivity contribution in [3.63, 3.8) is 0 Å². The van der Waals surface area contributed by atoms with Crippen LogP contribution in [0.25, 0.3) is 89.7 Å². The van der Waals surface area contributed by atoms with Crippen molar-refractivity contribution in [1.29, 1.82) is 0 Å². The van der Waals surface area contributed by atoms with Crippen molar-refractivity contribution < 1.29 is 39.4 Å². The van der Waals surface area contributed by atoms with E-state index in [0.717, 1.165) is 43.8 Å². The van der Waals surface area contributed by atoms with Gasteiger partial charge in [0.25, 0.3) is 0 Å². The average molecular weight is 1080 g/mol. The maximum Gasteiger partial charge on any atom is 2.00 e. The average Bonchev–Trinajstić information content (AvgIpc) is 4.06. The van der Waals surface area contributed by atoms with Crippen molar-refractivity contribution >= 4 is 44.1 Å². The summed E-state index contributed by atoms with van der Waals surface area (Å²) in [5.41, 5.74) is 4.68. The molecule has 0 N–H and O–H groups in total. The number of hydrogen-bond acceptors (Lipinski definition) is 10. The molecule has 386 valence electrons. The maximum atomic E-state index is 6.99. The van der Waals surface area contributed by atoms with Crippen LogP contribution in [0, 0.1) is 47.3 Å². The van der Waals surface area contributed by atoms with Gasteiger partial charge in [-0.3, -0.25) is 0 Å². The standard InChI is InChI=1S/C60H72N8O4.Pd/c1-29(2)49(30(3)4)69-41-25-17-21-37-45(41)57-61-53(37)66-58-47-39(23-19-27-43(47)71-51(33(9)10)34(11)12)55(63-58)68-60-48-40(24-20-28-44(48)72-52(35(13)14)36(15)16)56(64-60)67-59-46-38(54(62-59)65-57)22-18-26-42(46)70-50(31(5)6)32(7)8;/h17-36,49-52H,1-16H3;/q-2;+2. The maximum absolute atomic E-state index is 6.99. The van der Waals surface area contributed by atoms with Crippen molar-refractivity contribution in [1.82, 2.24) is 39.9 Å². The van der Waals surface area contributed by atoms with E-state index in [1.807, 2.05) is 72.8 Å². The summed E-state index contributed by atoms with van der Waals surface area (Å²) < 4.78 is 27.9. The van der Waals surface area contributed by atoms with Gasteiger partial charge in [-0.05, 0) is 82.4 Å². The summed E-state index contributed by atoms with van der Waals surface area (Å²) in [4.78, 5) is 42.7. The Bertz CT molecular complexity index is 3050. The van der Waals surface area contributed by atoms with Gasteiger partial charge in [-0.15, -0.1) is 0 Å². The first-order valence-corrected chi connectivity index (χ1v) is 26.2. The van der Waals surface area contributed by atoms with E-state index in [4.69, 9.17) is 58.8 Å². The van der Waals surface area contributed by atoms with E-state index in [9.17, 15) is 0 Å². The first-order valence-electron chi connectivity index (χ1n) is 26.2. The second kappa shape index (κ2) is 21.5. The fraction of sp³-hybridized carbons (Fsp3) is 0.467. The molecule has 12 nitrogen and oxygen atoms in total. The zero-order chi connectivity index (χ0) is 51.4. The third kappa shape index (κ3) is 10.3. The van der Waals surface area contributed by atoms with Gasteiger partial charge in [0.2, 0.25) is 0 Å². The Kier molecular flexibility index (Phi) is 15.7. The zero-order valence-electron chi connectivity index (χ0n) is 45.4. The minimum Gasteiger partial charge on any atom is -0.489 e. The zero-order valence-corrected chi connectivity index (χ0v) is 46.9. The predicted octanol–water partition coefficient (Wildman–Crippen LogP) is 14.4. The van der Waals surface area contributed by atoms with E-state index < -0.39 is 0 Å². The summed E-state index contributed by atoms with van der Waals surface area (Å²) in [6.45, 7) is 35.0. The largest absolute Gasteiger partial charge is 2.00 e. The van der Waals surface area contributed by atoms with Crippen LogP contribution in [0.5, 0.6) is 23.0 Å². The van der Waals surface area contributed by atoms with Gasteiger partial charge < -0.3 is 48.9 Å². The van der Waals surface area contributed by atoms with Gasteiger partial charge in [-0.1, -0.05) is 159 Å². The minimum absolute atomic E-state index is 0. The molecule has 0 saturated heterocycles. The molecule has 0 aliphatic carbocycles. The number of ether oxygens (including phenoxy) is 4. The topological polar surface area (TPSA) is 142 Å². The Balaban J connectivity index is 0.00000711. The minimum atomic E-state index is -0.0817. The summed E-state index contributed by atoms with van der Waals surface area (Å²) in [7, 11) is 0. The molecule has 2 aliphatic rings. The van der Waals surface area contributed by atoms with Gasteiger partial charge in [0.1, 0.15) is 47.4 Å². The van der Waals surface area contributed by atoms with Gasteiger partial charge in [-0.25, -0.2) is 9.97 Å². The predicted molar refractivity (Wildman–Crippen MR) is 290 cm³/mol. The van der Waals surface area contributed by atoms with Crippen LogP contribution in [-0.2, 0) is 20.4 Å². The van der Waals surface area contributed by atoms with Crippen LogP contribution in [-0.4, -0.2) is 54.3 Å². The van der Waals surface area contributed by atoms with E-state index in [2.05, 4.69) is 111 Å². The second-order valence-electron chi connectivity index (χ2n) is 22.5. The number of benzene rings is 4. The third-order valence-electron chi connectivity index (χ3n) is 14.0. The molecule has 0 radical (unpaired) electrons. The summed E-state index contributed by atoms with van der Waals surface area (Å²) in [6, 6.07) is 24.0. The molecule has 0 fully saturated rings. The molecule has 0 saturated carbocycles. The Morgan fingerprint density at radius 1 is 0.315 bits per heavy atom. The molecule has 0 unspecified atom stereocenters. The Morgan fingerprint density at radius 2 is 0.589 bits per heavy atom. The van der Waals surface area contributed by atoms with Gasteiger partial charge in [0.15, 0.2) is 0 Å². The summed E-state index contributed by atoms with van der Waals surface area (Å²) in [6.07, 6.45) is -0.327. The Labute approximate surface area is 445 Å². The van der Waals surface area contributed by atoms with E-state index in [0.29, 0.717) is 68.9 Å². The molecule has 8 bridgehead atoms. The summed E-state index contributed by atoms with van der Waals surface area (Å²) in [5, 5.41) is 2.98. The van der Waals surface area contributed by atoms with Gasteiger partial charge in [-0.2, -0.15) is 0 Å². The molecule has 3 aromatic heterocycles. The van der Waals surface area contributed by atoms with Crippen molar-refractivity contribution in [2.24, 2.45) is 47.3 Å². The summed E-state index contributed by atoms with van der Waals surface area (Å²) in [5.74, 6) is 6.27. The first kappa shape index (κ1) is 53.4. The Morgan fingerprint density at radius 3 is 0.904 bits per heavy atom. The van der Waals surface area contributed by atoms with Gasteiger partial charge >= 0.3 is 20.4 Å². The number of hydrogen-bond donors (Lipinski definition) is 0. The number of aromatic nitrogens is 8. The van der Waals surface area contributed by atoms with E-state index >= 15 is 0 Å². The molecule has 9 rings (SSSR count). The van der Waals surface area contributed by atoms with Crippen molar-refractivity contribution in [2.45, 2.75) is 135 Å². The number of nitrogens with zero attached hydrogens (tertiary/aromatic N) is 8. The van der Waals surface area contributed by atoms with Crippen molar-refractivity contribution in [3.05, 3.63) is 72.8 Å². The summed E-state index contributed by atoms with van der Waals surface area (Å²) >= 11 is 0. The molecule has 5 heterocycles. The Hall–Kier alpha value is -5.90. The molecule has 7 aromatic rings. The van der Waals surface area contributed by atoms with Crippen LogP contribution < -0.4 is 28.9 Å². The van der Waals surface area contributed by atoms with Crippen LogP contribution in [0.1, 0.15) is 111 Å². The molecular weight excluding hydrogens is 1000 g/mol. The molecule has 73 heavy (non-hydrogen) atoms. The third-order valence-corrected chi connectivity index (χ3v) is 14.0. The SMILES string of the molecule is CC(C)C(Oc1cccc2c1-c1nc-2nc2[n-]c(nc3nc(nc4[n-]c(n1)c1cccc(OC(C(C)C)C(C)C)c41)-c1cccc(OC(C(C)C)C(C)C)c1-3)c1cccc(OC(C(C)C)C(C)C)c21)C(C)C.[Pd+2]. The normalized spacial score (nSPS) is 12.7. The number of rotatable bonds is 16. The van der Waals surface area contributed by atoms with Gasteiger partial charge in [0.05, 0.1) is 34.4 Å². The fourth-order valence-corrected chi connectivity index (χ4v) is 10.9. The van der Waals surface area contributed by atoms with Crippen molar-refractivity contribution in [3.8, 4) is 68.5 Å². The molecular formula is C60H72N8O4Pd. The van der Waals surface area contributed by atoms with Gasteiger partial charge in [0, 0.05) is 44.5 Å². The molecule has 2 aliphatic heterocycles. The van der Waals surface area contributed by atoms with Crippen molar-refractivity contribution in [2.75, 3.05) is 0 Å². The van der Waals surface area contributed by atoms with E-state index in [-0.39, 0.29) is 92.2 Å². The monoisotopic (exact) mass is 1070 g/mol. The molecule has 0 atom stereocenters. The number of fused-ring (bicyclic) bond motifs is 20. The molecule has 0 amide bonds. The van der Waals surface area contributed by atoms with Crippen LogP contribution in [0.2, 0.25) is 0 Å². The van der Waals surface area contributed by atoms with E-state index in [1.165, 1.54) is 0 Å². The van der Waals surface area contributed by atoms with E-state index in [1.54, 1.807) is 0 Å². The molecule has 4 aromatic carbocycles. The molecule has 0 spiro atoms. The van der Waals surface area contributed by atoms with Crippen LogP contribution in [0.4, 0.5) is 0 Å². The molecule has 13 heteroatoms. The van der Waals surface area contributed by atoms with Crippen LogP contribution in [0.15, 0.2) is 72.8 Å². The van der Waals surface area contributed by atoms with Crippen LogP contribution in [0.3, 0.4) is 0 Å². The smallest absolute Gasteiger partial charge is 0.489 e.